The quantitative estimate of drug-likeness (QED) is 0.582. The molecule has 0 fully saturated rings. The number of nitrogens with zero attached hydrogens (tertiary/aromatic N) is 2. The number of hydrogen-bond acceptors (Lipinski definition) is 5. The molecular formula is C19H22N4O4S. The van der Waals surface area contributed by atoms with Gasteiger partial charge in [0.25, 0.3) is 5.91 Å². The Balaban J connectivity index is 1.78. The van der Waals surface area contributed by atoms with Gasteiger partial charge >= 0.3 is 0 Å². The minimum Gasteiger partial charge on any atom is -0.390 e. The number of aromatic nitrogens is 2. The Hall–Kier alpha value is -2.75. The number of carbonyl (C=O) groups is 1. The van der Waals surface area contributed by atoms with Crippen molar-refractivity contribution in [2.75, 3.05) is 5.32 Å². The molecule has 0 radical (unpaired) electrons. The number of hydrogen-bond donors (Lipinski definition) is 3. The van der Waals surface area contributed by atoms with Crippen LogP contribution in [0.5, 0.6) is 0 Å². The summed E-state index contributed by atoms with van der Waals surface area (Å²) in [5.41, 5.74) is 0.737. The van der Waals surface area contributed by atoms with E-state index in [1.165, 1.54) is 24.3 Å². The molecule has 0 unspecified atom stereocenters. The van der Waals surface area contributed by atoms with Gasteiger partial charge in [0.15, 0.2) is 0 Å². The van der Waals surface area contributed by atoms with E-state index >= 15 is 0 Å². The summed E-state index contributed by atoms with van der Waals surface area (Å²) < 4.78 is 24.7. The number of aryl methyl sites for hydroxylation is 1. The highest BCUT2D eigenvalue weighted by atomic mass is 32.2. The Kier molecular flexibility index (Phi) is 5.24. The lowest BCUT2D eigenvalue weighted by molar-refractivity contribution is 0.0651. The van der Waals surface area contributed by atoms with Crippen LogP contribution in [-0.4, -0.2) is 34.8 Å². The van der Waals surface area contributed by atoms with Gasteiger partial charge in [-0.25, -0.2) is 13.6 Å². The van der Waals surface area contributed by atoms with Crippen molar-refractivity contribution >= 4 is 32.5 Å². The summed E-state index contributed by atoms with van der Waals surface area (Å²) >= 11 is 0. The SMILES string of the molecule is CC(C)(O)CCn1cc2cc(NC(=O)c3cccc(S(N)(=O)=O)c3)ccc2n1. The molecule has 1 amide bonds. The second kappa shape index (κ2) is 7.34. The van der Waals surface area contributed by atoms with E-state index < -0.39 is 21.5 Å². The van der Waals surface area contributed by atoms with Gasteiger partial charge in [0.2, 0.25) is 10.0 Å². The lowest BCUT2D eigenvalue weighted by Gasteiger charge is -2.16. The maximum atomic E-state index is 12.5. The molecule has 148 valence electrons. The van der Waals surface area contributed by atoms with Crippen molar-refractivity contribution in [1.82, 2.24) is 9.78 Å². The third kappa shape index (κ3) is 4.94. The topological polar surface area (TPSA) is 127 Å². The molecule has 2 aromatic carbocycles. The molecule has 0 aliphatic rings. The van der Waals surface area contributed by atoms with E-state index in [0.29, 0.717) is 18.7 Å². The summed E-state index contributed by atoms with van der Waals surface area (Å²) in [6, 6.07) is 10.8. The molecule has 0 aliphatic carbocycles. The van der Waals surface area contributed by atoms with Crippen molar-refractivity contribution < 1.29 is 18.3 Å². The molecule has 4 N–H and O–H groups in total. The zero-order valence-electron chi connectivity index (χ0n) is 15.6. The summed E-state index contributed by atoms with van der Waals surface area (Å²) in [5, 5.41) is 23.0. The van der Waals surface area contributed by atoms with Gasteiger partial charge in [-0.15, -0.1) is 0 Å². The van der Waals surface area contributed by atoms with Crippen molar-refractivity contribution in [3.8, 4) is 0 Å². The van der Waals surface area contributed by atoms with Crippen LogP contribution in [0.25, 0.3) is 10.9 Å². The van der Waals surface area contributed by atoms with E-state index in [2.05, 4.69) is 10.4 Å². The molecule has 8 nitrogen and oxygen atoms in total. The Bertz CT molecular complexity index is 1130. The summed E-state index contributed by atoms with van der Waals surface area (Å²) in [5.74, 6) is -0.445. The van der Waals surface area contributed by atoms with Gasteiger partial charge in [-0.1, -0.05) is 6.07 Å². The lowest BCUT2D eigenvalue weighted by Crippen LogP contribution is -2.21. The molecule has 1 aromatic heterocycles. The van der Waals surface area contributed by atoms with Crippen molar-refractivity contribution in [3.63, 3.8) is 0 Å². The lowest BCUT2D eigenvalue weighted by atomic mass is 10.1. The monoisotopic (exact) mass is 402 g/mol. The van der Waals surface area contributed by atoms with Crippen LogP contribution in [0.4, 0.5) is 5.69 Å². The van der Waals surface area contributed by atoms with Gasteiger partial charge in [0.1, 0.15) is 0 Å². The number of anilines is 1. The largest absolute Gasteiger partial charge is 0.390 e. The first-order chi connectivity index (χ1) is 13.0. The molecule has 0 spiro atoms. The molecule has 0 aliphatic heterocycles. The van der Waals surface area contributed by atoms with E-state index in [0.717, 1.165) is 10.9 Å². The van der Waals surface area contributed by atoms with Crippen molar-refractivity contribution in [2.24, 2.45) is 5.14 Å². The van der Waals surface area contributed by atoms with Crippen LogP contribution in [0.15, 0.2) is 53.6 Å². The van der Waals surface area contributed by atoms with Gasteiger partial charge in [-0.3, -0.25) is 9.48 Å². The molecule has 0 bridgehead atoms. The van der Waals surface area contributed by atoms with Gasteiger partial charge < -0.3 is 10.4 Å². The number of rotatable bonds is 6. The van der Waals surface area contributed by atoms with Crippen LogP contribution < -0.4 is 10.5 Å². The predicted molar refractivity (Wildman–Crippen MR) is 106 cm³/mol. The summed E-state index contributed by atoms with van der Waals surface area (Å²) in [6.45, 7) is 4.06. The average molecular weight is 402 g/mol. The number of nitrogens with two attached hydrogens (primary N) is 1. The Morgan fingerprint density at radius 2 is 2.00 bits per heavy atom. The zero-order chi connectivity index (χ0) is 20.5. The van der Waals surface area contributed by atoms with Crippen molar-refractivity contribution in [1.29, 1.82) is 0 Å². The maximum absolute atomic E-state index is 12.5. The van der Waals surface area contributed by atoms with E-state index in [9.17, 15) is 18.3 Å². The molecule has 0 saturated heterocycles. The third-order valence-corrected chi connectivity index (χ3v) is 5.10. The molecular weight excluding hydrogens is 380 g/mol. The smallest absolute Gasteiger partial charge is 0.255 e. The standard InChI is InChI=1S/C19H22N4O4S/c1-19(2,25)8-9-23-12-14-10-15(6-7-17(14)22-23)21-18(24)13-4-3-5-16(11-13)28(20,26)27/h3-7,10-12,25H,8-9H2,1-2H3,(H,21,24)(H2,20,26,27). The number of aliphatic hydroxyl groups is 1. The number of fused-ring (bicyclic) bond motifs is 1. The minimum atomic E-state index is -3.88. The predicted octanol–water partition coefficient (Wildman–Crippen LogP) is 2.10. The molecule has 9 heteroatoms. The van der Waals surface area contributed by atoms with Crippen LogP contribution in [-0.2, 0) is 16.6 Å². The van der Waals surface area contributed by atoms with Crippen molar-refractivity contribution in [2.45, 2.75) is 37.3 Å². The summed E-state index contributed by atoms with van der Waals surface area (Å²) in [7, 11) is -3.88. The van der Waals surface area contributed by atoms with E-state index in [1.54, 1.807) is 36.7 Å². The summed E-state index contributed by atoms with van der Waals surface area (Å²) in [4.78, 5) is 12.3. The fourth-order valence-corrected chi connectivity index (χ4v) is 3.23. The van der Waals surface area contributed by atoms with Crippen LogP contribution >= 0.6 is 0 Å². The molecule has 28 heavy (non-hydrogen) atoms. The second-order valence-electron chi connectivity index (χ2n) is 7.26. The van der Waals surface area contributed by atoms with Gasteiger partial charge in [-0.05, 0) is 56.7 Å². The average Bonchev–Trinajstić information content (AvgIpc) is 3.01. The second-order valence-corrected chi connectivity index (χ2v) is 8.82. The number of sulfonamides is 1. The number of benzene rings is 2. The van der Waals surface area contributed by atoms with Gasteiger partial charge in [-0.2, -0.15) is 5.10 Å². The van der Waals surface area contributed by atoms with E-state index in [-0.39, 0.29) is 10.5 Å². The van der Waals surface area contributed by atoms with Crippen LogP contribution in [0.2, 0.25) is 0 Å². The van der Waals surface area contributed by atoms with Gasteiger partial charge in [0.05, 0.1) is 16.0 Å². The zero-order valence-corrected chi connectivity index (χ0v) is 16.4. The first-order valence-electron chi connectivity index (χ1n) is 8.65. The Labute approximate surface area is 163 Å². The maximum Gasteiger partial charge on any atom is 0.255 e. The fraction of sp³-hybridized carbons (Fsp3) is 0.263. The minimum absolute atomic E-state index is 0.122. The number of primary sulfonamides is 1. The molecule has 1 heterocycles. The van der Waals surface area contributed by atoms with Crippen molar-refractivity contribution in [3.05, 3.63) is 54.2 Å². The first-order valence-corrected chi connectivity index (χ1v) is 10.2. The number of nitrogens with one attached hydrogen (secondary N) is 1. The van der Waals surface area contributed by atoms with Crippen LogP contribution in [0.1, 0.15) is 30.6 Å². The molecule has 0 atom stereocenters. The highest BCUT2D eigenvalue weighted by molar-refractivity contribution is 7.89. The van der Waals surface area contributed by atoms with Gasteiger partial charge in [0, 0.05) is 29.4 Å². The molecule has 3 rings (SSSR count). The molecule has 0 saturated carbocycles. The summed E-state index contributed by atoms with van der Waals surface area (Å²) in [6.07, 6.45) is 2.41. The van der Waals surface area contributed by atoms with Crippen LogP contribution in [0, 0.1) is 0 Å². The molecule has 3 aromatic rings. The van der Waals surface area contributed by atoms with E-state index in [4.69, 9.17) is 5.14 Å². The first kappa shape index (κ1) is 20.0. The highest BCUT2D eigenvalue weighted by Gasteiger charge is 2.14. The Morgan fingerprint density at radius 1 is 1.25 bits per heavy atom. The normalized spacial score (nSPS) is 12.3. The van der Waals surface area contributed by atoms with E-state index in [1.807, 2.05) is 6.20 Å². The third-order valence-electron chi connectivity index (χ3n) is 4.19. The highest BCUT2D eigenvalue weighted by Crippen LogP contribution is 2.20. The number of amides is 1. The number of carbonyl (C=O) groups excluding carboxylic acids is 1. The Morgan fingerprint density at radius 3 is 2.68 bits per heavy atom. The fourth-order valence-electron chi connectivity index (χ4n) is 2.67. The van der Waals surface area contributed by atoms with Crippen LogP contribution in [0.3, 0.4) is 0 Å².